The zero-order chi connectivity index (χ0) is 19.2. The van der Waals surface area contributed by atoms with Crippen LogP contribution < -0.4 is 5.32 Å². The summed E-state index contributed by atoms with van der Waals surface area (Å²) in [6.07, 6.45) is -4.70. The van der Waals surface area contributed by atoms with E-state index in [9.17, 15) is 22.8 Å². The predicted octanol–water partition coefficient (Wildman–Crippen LogP) is 4.02. The molecule has 0 aliphatic carbocycles. The van der Waals surface area contributed by atoms with Crippen molar-refractivity contribution in [3.63, 3.8) is 0 Å². The molecule has 0 aliphatic rings. The van der Waals surface area contributed by atoms with Crippen LogP contribution in [0, 0.1) is 0 Å². The molecule has 138 valence electrons. The molecule has 1 N–H and O–H groups in total. The third-order valence-corrected chi connectivity index (χ3v) is 3.66. The van der Waals surface area contributed by atoms with Gasteiger partial charge in [-0.15, -0.1) is 0 Å². The Balaban J connectivity index is 2.04. The lowest BCUT2D eigenvalue weighted by atomic mass is 10.0. The highest BCUT2D eigenvalue weighted by Gasteiger charge is 2.33. The van der Waals surface area contributed by atoms with E-state index in [4.69, 9.17) is 4.74 Å². The van der Waals surface area contributed by atoms with Gasteiger partial charge in [-0.2, -0.15) is 13.2 Å². The van der Waals surface area contributed by atoms with Crippen molar-refractivity contribution >= 4 is 11.9 Å². The number of esters is 1. The van der Waals surface area contributed by atoms with Gasteiger partial charge in [0.05, 0.1) is 18.0 Å². The number of hydrogen-bond donors (Lipinski definition) is 1. The lowest BCUT2D eigenvalue weighted by molar-refractivity contribution is -0.148. The average molecular weight is 365 g/mol. The molecule has 4 nitrogen and oxygen atoms in total. The summed E-state index contributed by atoms with van der Waals surface area (Å²) < 4.78 is 43.9. The highest BCUT2D eigenvalue weighted by Crippen LogP contribution is 2.32. The van der Waals surface area contributed by atoms with E-state index in [1.54, 1.807) is 30.3 Å². The second-order valence-corrected chi connectivity index (χ2v) is 5.68. The van der Waals surface area contributed by atoms with Crippen LogP contribution in [0.4, 0.5) is 13.2 Å². The molecular formula is C19H18F3NO3. The molecular weight excluding hydrogens is 347 g/mol. The number of halogens is 3. The third kappa shape index (κ3) is 5.61. The number of nitrogens with one attached hydrogen (secondary N) is 1. The van der Waals surface area contributed by atoms with Crippen molar-refractivity contribution in [2.45, 2.75) is 32.2 Å². The lowest BCUT2D eigenvalue weighted by Gasteiger charge is -2.18. The Kier molecular flexibility index (Phi) is 6.38. The summed E-state index contributed by atoms with van der Waals surface area (Å²) in [6.45, 7) is 0.830. The molecule has 0 spiro atoms. The highest BCUT2D eigenvalue weighted by molar-refractivity contribution is 5.76. The van der Waals surface area contributed by atoms with Crippen molar-refractivity contribution in [1.29, 1.82) is 0 Å². The Labute approximate surface area is 149 Å². The number of alkyl halides is 3. The van der Waals surface area contributed by atoms with Crippen LogP contribution in [0.5, 0.6) is 0 Å². The van der Waals surface area contributed by atoms with Crippen LogP contribution in [0.2, 0.25) is 0 Å². The van der Waals surface area contributed by atoms with E-state index in [2.05, 4.69) is 5.32 Å². The SMILES string of the molecule is CC(=O)NC(CC(=O)OCc1ccccc1C(F)(F)F)c1ccccc1. The number of carbonyl (C=O) groups is 2. The van der Waals surface area contributed by atoms with Crippen LogP contribution in [-0.4, -0.2) is 11.9 Å². The summed E-state index contributed by atoms with van der Waals surface area (Å²) in [6, 6.07) is 13.1. The Morgan fingerprint density at radius 2 is 1.65 bits per heavy atom. The molecule has 7 heteroatoms. The van der Waals surface area contributed by atoms with E-state index in [-0.39, 0.29) is 17.9 Å². The van der Waals surface area contributed by atoms with Crippen LogP contribution >= 0.6 is 0 Å². The van der Waals surface area contributed by atoms with E-state index in [1.165, 1.54) is 25.1 Å². The average Bonchev–Trinajstić information content (AvgIpc) is 2.59. The first-order chi connectivity index (χ1) is 12.3. The summed E-state index contributed by atoms with van der Waals surface area (Å²) in [5.41, 5.74) is -0.256. The first-order valence-corrected chi connectivity index (χ1v) is 7.90. The monoisotopic (exact) mass is 365 g/mol. The van der Waals surface area contributed by atoms with Crippen LogP contribution in [-0.2, 0) is 27.1 Å². The van der Waals surface area contributed by atoms with Gasteiger partial charge in [-0.1, -0.05) is 48.5 Å². The van der Waals surface area contributed by atoms with Gasteiger partial charge in [0.1, 0.15) is 6.61 Å². The molecule has 1 unspecified atom stereocenters. The Morgan fingerprint density at radius 3 is 2.27 bits per heavy atom. The molecule has 1 atom stereocenters. The van der Waals surface area contributed by atoms with Crippen molar-refractivity contribution in [3.8, 4) is 0 Å². The minimum atomic E-state index is -4.52. The van der Waals surface area contributed by atoms with Crippen molar-refractivity contribution in [2.24, 2.45) is 0 Å². The molecule has 2 rings (SSSR count). The number of ether oxygens (including phenoxy) is 1. The van der Waals surface area contributed by atoms with Crippen molar-refractivity contribution in [2.75, 3.05) is 0 Å². The quantitative estimate of drug-likeness (QED) is 0.787. The van der Waals surface area contributed by atoms with Crippen molar-refractivity contribution < 1.29 is 27.5 Å². The van der Waals surface area contributed by atoms with Gasteiger partial charge in [0, 0.05) is 12.5 Å². The van der Waals surface area contributed by atoms with E-state index < -0.39 is 30.4 Å². The number of hydrogen-bond acceptors (Lipinski definition) is 3. The molecule has 0 heterocycles. The Morgan fingerprint density at radius 1 is 1.04 bits per heavy atom. The molecule has 1 amide bonds. The molecule has 0 bridgehead atoms. The topological polar surface area (TPSA) is 55.4 Å². The van der Waals surface area contributed by atoms with E-state index in [1.807, 2.05) is 0 Å². The van der Waals surface area contributed by atoms with Gasteiger partial charge < -0.3 is 10.1 Å². The second kappa shape index (κ2) is 8.51. The number of benzene rings is 2. The summed E-state index contributed by atoms with van der Waals surface area (Å²) in [5, 5.41) is 2.64. The maximum absolute atomic E-state index is 13.0. The molecule has 0 radical (unpaired) electrons. The molecule has 0 aromatic heterocycles. The predicted molar refractivity (Wildman–Crippen MR) is 88.9 cm³/mol. The van der Waals surface area contributed by atoms with Crippen LogP contribution in [0.3, 0.4) is 0 Å². The normalized spacial score (nSPS) is 12.3. The lowest BCUT2D eigenvalue weighted by Crippen LogP contribution is -2.28. The van der Waals surface area contributed by atoms with Crippen LogP contribution in [0.15, 0.2) is 54.6 Å². The number of rotatable bonds is 6. The Bertz CT molecular complexity index is 760. The van der Waals surface area contributed by atoms with E-state index >= 15 is 0 Å². The van der Waals surface area contributed by atoms with Crippen LogP contribution in [0.1, 0.15) is 36.1 Å². The van der Waals surface area contributed by atoms with Crippen molar-refractivity contribution in [3.05, 3.63) is 71.3 Å². The standard InChI is InChI=1S/C19H18F3NO3/c1-13(24)23-17(14-7-3-2-4-8-14)11-18(25)26-12-15-9-5-6-10-16(15)19(20,21)22/h2-10,17H,11-12H2,1H3,(H,23,24). The van der Waals surface area contributed by atoms with E-state index in [0.29, 0.717) is 5.56 Å². The maximum atomic E-state index is 13.0. The fraction of sp³-hybridized carbons (Fsp3) is 0.263. The molecule has 0 fully saturated rings. The Hall–Kier alpha value is -2.83. The fourth-order valence-corrected chi connectivity index (χ4v) is 2.49. The summed E-state index contributed by atoms with van der Waals surface area (Å²) >= 11 is 0. The minimum absolute atomic E-state index is 0.121. The number of carbonyl (C=O) groups excluding carboxylic acids is 2. The van der Waals surface area contributed by atoms with Crippen molar-refractivity contribution in [1.82, 2.24) is 5.32 Å². The first kappa shape index (κ1) is 19.5. The summed E-state index contributed by atoms with van der Waals surface area (Å²) in [7, 11) is 0. The molecule has 2 aromatic carbocycles. The zero-order valence-electron chi connectivity index (χ0n) is 14.0. The number of amides is 1. The smallest absolute Gasteiger partial charge is 0.416 e. The molecule has 0 saturated heterocycles. The molecule has 26 heavy (non-hydrogen) atoms. The van der Waals surface area contributed by atoms with Gasteiger partial charge in [-0.05, 0) is 11.6 Å². The first-order valence-electron chi connectivity index (χ1n) is 7.90. The van der Waals surface area contributed by atoms with Gasteiger partial charge in [-0.3, -0.25) is 9.59 Å². The fourth-order valence-electron chi connectivity index (χ4n) is 2.49. The summed E-state index contributed by atoms with van der Waals surface area (Å²) in [5.74, 6) is -1.03. The zero-order valence-corrected chi connectivity index (χ0v) is 14.0. The molecule has 0 saturated carbocycles. The highest BCUT2D eigenvalue weighted by atomic mass is 19.4. The second-order valence-electron chi connectivity index (χ2n) is 5.68. The largest absolute Gasteiger partial charge is 0.461 e. The molecule has 0 aliphatic heterocycles. The van der Waals surface area contributed by atoms with Gasteiger partial charge >= 0.3 is 12.1 Å². The van der Waals surface area contributed by atoms with Crippen LogP contribution in [0.25, 0.3) is 0 Å². The van der Waals surface area contributed by atoms with Gasteiger partial charge in [-0.25, -0.2) is 0 Å². The third-order valence-electron chi connectivity index (χ3n) is 3.66. The van der Waals surface area contributed by atoms with E-state index in [0.717, 1.165) is 6.07 Å². The maximum Gasteiger partial charge on any atom is 0.416 e. The summed E-state index contributed by atoms with van der Waals surface area (Å²) in [4.78, 5) is 23.4. The van der Waals surface area contributed by atoms with Gasteiger partial charge in [0.2, 0.25) is 5.91 Å². The molecule has 2 aromatic rings. The van der Waals surface area contributed by atoms with Gasteiger partial charge in [0.25, 0.3) is 0 Å². The minimum Gasteiger partial charge on any atom is -0.461 e. The van der Waals surface area contributed by atoms with Gasteiger partial charge in [0.15, 0.2) is 0 Å².